The van der Waals surface area contributed by atoms with Gasteiger partial charge in [0.05, 0.1) is 0 Å². The summed E-state index contributed by atoms with van der Waals surface area (Å²) in [6.07, 6.45) is 0. The van der Waals surface area contributed by atoms with Crippen LogP contribution in [0.15, 0.2) is 0 Å². The average molecular weight is 306 g/mol. The fourth-order valence-electron chi connectivity index (χ4n) is 0. The topological polar surface area (TPSA) is 70.0 Å². The Morgan fingerprint density at radius 3 is 0.500 bits per heavy atom. The molecule has 0 aliphatic rings. The van der Waals surface area contributed by atoms with Crippen LogP contribution >= 0.6 is 0 Å². The van der Waals surface area contributed by atoms with Crippen LogP contribution in [-0.4, -0.2) is 0 Å². The van der Waals surface area contributed by atoms with Crippen LogP contribution in [0.3, 0.4) is 0 Å². The van der Waals surface area contributed by atoms with Crippen LogP contribution in [0.5, 0.6) is 0 Å². The first-order valence-electron chi connectivity index (χ1n) is 1.00. The molecule has 10 heavy (non-hydrogen) atoms. The maximum absolute atomic E-state index is 2.00. The van der Waals surface area contributed by atoms with Crippen molar-refractivity contribution in [2.45, 2.75) is 43.6 Å². The molecular weight excluding hydrogens is 278 g/mol. The van der Waals surface area contributed by atoms with E-state index in [4.69, 9.17) is 0 Å². The first-order chi connectivity index (χ1) is 1.00. The zero-order valence-electron chi connectivity index (χ0n) is 4.57. The van der Waals surface area contributed by atoms with Gasteiger partial charge >= 0.3 is 0 Å². The second-order valence-corrected chi connectivity index (χ2v) is 0. The summed E-state index contributed by atoms with van der Waals surface area (Å²) in [6, 6.07) is 0. The molecule has 4 heteroatoms. The maximum atomic E-state index is 2.00. The van der Waals surface area contributed by atoms with E-state index in [-0.39, 0.29) is 107 Å². The molecule has 0 saturated carbocycles. The average Bonchev–Trinajstić information content (AvgIpc) is 1.00. The van der Waals surface area contributed by atoms with Gasteiger partial charge in [0.25, 0.3) is 0 Å². The van der Waals surface area contributed by atoms with Crippen molar-refractivity contribution >= 4 is 0 Å². The summed E-state index contributed by atoms with van der Waals surface area (Å²) in [5.74, 6) is 0. The predicted molar refractivity (Wildman–Crippen MR) is 48.3 cm³/mol. The third kappa shape index (κ3) is 186. The van der Waals surface area contributed by atoms with E-state index in [0.29, 0.717) is 0 Å². The van der Waals surface area contributed by atoms with Crippen molar-refractivity contribution in [2.75, 3.05) is 0 Å². The van der Waals surface area contributed by atoms with Crippen LogP contribution in [0.1, 0.15) is 43.6 Å². The van der Waals surface area contributed by atoms with Crippen molar-refractivity contribution in [1.82, 2.24) is 12.3 Å². The van der Waals surface area contributed by atoms with Crippen molar-refractivity contribution in [3.8, 4) is 0 Å². The summed E-state index contributed by atoms with van der Waals surface area (Å²) in [5, 5.41) is 0. The summed E-state index contributed by atoms with van der Waals surface area (Å²) < 4.78 is 0. The third-order valence-electron chi connectivity index (χ3n) is 0. The molecular formula is C6H28N2Y2. The Morgan fingerprint density at radius 2 is 0.500 bits per heavy atom. The molecule has 68 valence electrons. The van der Waals surface area contributed by atoms with E-state index in [1.807, 2.05) is 13.8 Å². The fourth-order valence-corrected chi connectivity index (χ4v) is 0. The molecule has 0 heterocycles. The van der Waals surface area contributed by atoms with E-state index in [2.05, 4.69) is 0 Å². The summed E-state index contributed by atoms with van der Waals surface area (Å²) in [4.78, 5) is 0. The van der Waals surface area contributed by atoms with Crippen LogP contribution in [0.25, 0.3) is 0 Å². The van der Waals surface area contributed by atoms with Gasteiger partial charge in [-0.15, -0.1) is 0 Å². The van der Waals surface area contributed by atoms with E-state index < -0.39 is 0 Å². The van der Waals surface area contributed by atoms with Gasteiger partial charge in [-0.3, -0.25) is 0 Å². The molecule has 0 unspecified atom stereocenters. The molecule has 0 rings (SSSR count). The Hall–Kier alpha value is 2.13. The van der Waals surface area contributed by atoms with Gasteiger partial charge in [0, 0.05) is 65.4 Å². The first kappa shape index (κ1) is 154. The van der Waals surface area contributed by atoms with Gasteiger partial charge in [-0.25, -0.2) is 0 Å². The van der Waals surface area contributed by atoms with Gasteiger partial charge in [-0.1, -0.05) is 43.6 Å². The van der Waals surface area contributed by atoms with Gasteiger partial charge < -0.3 is 12.3 Å². The zero-order valence-corrected chi connectivity index (χ0v) is 10.2. The second-order valence-electron chi connectivity index (χ2n) is 0. The molecule has 0 saturated heterocycles. The molecule has 0 spiro atoms. The molecule has 0 aromatic rings. The minimum absolute atomic E-state index is 0. The Bertz CT molecular complexity index is 13.7. The van der Waals surface area contributed by atoms with E-state index in [1.54, 1.807) is 0 Å². The fraction of sp³-hybridized carbons (Fsp3) is 1.00. The van der Waals surface area contributed by atoms with Gasteiger partial charge in [-0.05, 0) is 0 Å². The summed E-state index contributed by atoms with van der Waals surface area (Å²) in [5.41, 5.74) is 0. The summed E-state index contributed by atoms with van der Waals surface area (Å²) >= 11 is 0. The summed E-state index contributed by atoms with van der Waals surface area (Å²) in [6.45, 7) is 4.00. The molecule has 0 amide bonds. The van der Waals surface area contributed by atoms with E-state index in [0.717, 1.165) is 0 Å². The van der Waals surface area contributed by atoms with Crippen molar-refractivity contribution in [2.24, 2.45) is 0 Å². The molecule has 0 aromatic carbocycles. The maximum Gasteiger partial charge on any atom is 0 e. The van der Waals surface area contributed by atoms with Crippen molar-refractivity contribution < 1.29 is 65.4 Å². The molecule has 2 nitrogen and oxygen atoms in total. The predicted octanol–water partition coefficient (Wildman–Crippen LogP) is 3.89. The number of rotatable bonds is 0. The largest absolute Gasteiger partial charge is 0.344 e. The Labute approximate surface area is 120 Å². The molecule has 0 bridgehead atoms. The zero-order chi connectivity index (χ0) is 2.00. The first-order valence-corrected chi connectivity index (χ1v) is 1.00. The number of hydrogen-bond acceptors (Lipinski definition) is 2. The molecule has 6 N–H and O–H groups in total. The SMILES string of the molecule is C.C.C.C.CC.N.N.[Y].[Y]. The van der Waals surface area contributed by atoms with Gasteiger partial charge in [0.2, 0.25) is 0 Å². The Morgan fingerprint density at radius 1 is 0.500 bits per heavy atom. The Balaban J connectivity index is -0.000000000179. The van der Waals surface area contributed by atoms with Crippen molar-refractivity contribution in [3.05, 3.63) is 0 Å². The standard InChI is InChI=1S/C2H6.4CH4.2H3N.2Y/c1-2;;;;;;;;/h1-2H3;4*1H4;2*1H3;;. The minimum atomic E-state index is 0. The summed E-state index contributed by atoms with van der Waals surface area (Å²) in [7, 11) is 0. The van der Waals surface area contributed by atoms with E-state index in [9.17, 15) is 0 Å². The van der Waals surface area contributed by atoms with Gasteiger partial charge in [0.15, 0.2) is 0 Å². The third-order valence-corrected chi connectivity index (χ3v) is 0. The molecule has 0 aromatic heterocycles. The van der Waals surface area contributed by atoms with E-state index >= 15 is 0 Å². The van der Waals surface area contributed by atoms with Gasteiger partial charge in [-0.2, -0.15) is 0 Å². The molecule has 0 aliphatic heterocycles. The molecule has 0 fully saturated rings. The van der Waals surface area contributed by atoms with Crippen LogP contribution in [0.2, 0.25) is 0 Å². The molecule has 0 aliphatic carbocycles. The van der Waals surface area contributed by atoms with Crippen LogP contribution in [-0.2, 0) is 65.4 Å². The van der Waals surface area contributed by atoms with Crippen molar-refractivity contribution in [3.63, 3.8) is 0 Å². The van der Waals surface area contributed by atoms with E-state index in [1.165, 1.54) is 0 Å². The number of hydrogen-bond donors (Lipinski definition) is 2. The normalized spacial score (nSPS) is 0.600. The monoisotopic (exact) mass is 306 g/mol. The smallest absolute Gasteiger partial charge is 0 e. The van der Waals surface area contributed by atoms with Crippen LogP contribution in [0, 0.1) is 0 Å². The van der Waals surface area contributed by atoms with Crippen LogP contribution in [0.4, 0.5) is 0 Å². The second kappa shape index (κ2) is 252. The molecule has 2 radical (unpaired) electrons. The minimum Gasteiger partial charge on any atom is -0.344 e. The quantitative estimate of drug-likeness (QED) is 0.713. The molecule has 0 atom stereocenters. The van der Waals surface area contributed by atoms with Crippen LogP contribution < -0.4 is 12.3 Å². The van der Waals surface area contributed by atoms with Crippen molar-refractivity contribution in [1.29, 1.82) is 0 Å². The Kier molecular flexibility index (Phi) is 3870. The van der Waals surface area contributed by atoms with Gasteiger partial charge in [0.1, 0.15) is 0 Å².